The van der Waals surface area contributed by atoms with Gasteiger partial charge in [-0.05, 0) is 6.07 Å². The molecule has 3 heteroatoms. The summed E-state index contributed by atoms with van der Waals surface area (Å²) in [5.41, 5.74) is 0.765. The smallest absolute Gasteiger partial charge is 0.189 e. The van der Waals surface area contributed by atoms with Crippen LogP contribution in [-0.2, 0) is 4.74 Å². The summed E-state index contributed by atoms with van der Waals surface area (Å²) in [6.45, 7) is 6.72. The van der Waals surface area contributed by atoms with Crippen molar-refractivity contribution < 1.29 is 9.84 Å². The number of nitrogens with zero attached hydrogens (tertiary/aromatic N) is 1. The summed E-state index contributed by atoms with van der Waals surface area (Å²) in [4.78, 5) is 4.52. The van der Waals surface area contributed by atoms with Crippen LogP contribution in [0, 0.1) is 5.41 Å². The second-order valence-electron chi connectivity index (χ2n) is 5.07. The lowest BCUT2D eigenvalue weighted by atomic mass is 9.97. The lowest BCUT2D eigenvalue weighted by Gasteiger charge is -2.16. The molecule has 0 fully saturated rings. The van der Waals surface area contributed by atoms with Crippen molar-refractivity contribution in [3.05, 3.63) is 29.8 Å². The molecule has 1 aliphatic rings. The molecule has 0 bridgehead atoms. The zero-order valence-electron chi connectivity index (χ0n) is 9.90. The fourth-order valence-electron chi connectivity index (χ4n) is 1.71. The maximum atomic E-state index is 9.74. The van der Waals surface area contributed by atoms with Crippen LogP contribution in [0.15, 0.2) is 29.3 Å². The Morgan fingerprint density at radius 1 is 1.31 bits per heavy atom. The molecule has 1 heterocycles. The average Bonchev–Trinajstić information content (AvgIpc) is 2.66. The first-order chi connectivity index (χ1) is 7.48. The summed E-state index contributed by atoms with van der Waals surface area (Å²) in [6.07, 6.45) is 0. The third-order valence-electron chi connectivity index (χ3n) is 2.59. The van der Waals surface area contributed by atoms with Gasteiger partial charge in [-0.2, -0.15) is 0 Å². The molecule has 0 spiro atoms. The van der Waals surface area contributed by atoms with Gasteiger partial charge in [-0.25, -0.2) is 4.99 Å². The molecule has 2 rings (SSSR count). The van der Waals surface area contributed by atoms with E-state index in [1.807, 2.05) is 18.2 Å². The van der Waals surface area contributed by atoms with Crippen LogP contribution in [0.3, 0.4) is 0 Å². The third kappa shape index (κ3) is 2.03. The second-order valence-corrected chi connectivity index (χ2v) is 5.07. The number of aromatic hydroxyl groups is 1. The molecule has 0 saturated carbocycles. The van der Waals surface area contributed by atoms with Crippen molar-refractivity contribution in [3.8, 4) is 5.75 Å². The maximum Gasteiger partial charge on any atom is 0.189 e. The van der Waals surface area contributed by atoms with Gasteiger partial charge in [0.2, 0.25) is 0 Å². The first kappa shape index (κ1) is 11.0. The maximum absolute atomic E-state index is 9.74. The van der Waals surface area contributed by atoms with E-state index >= 15 is 0 Å². The normalized spacial score (nSPS) is 20.4. The van der Waals surface area contributed by atoms with Crippen LogP contribution >= 0.6 is 0 Å². The molecule has 16 heavy (non-hydrogen) atoms. The van der Waals surface area contributed by atoms with Crippen LogP contribution in [0.5, 0.6) is 5.75 Å². The number of benzene rings is 1. The molecule has 0 radical (unpaired) electrons. The lowest BCUT2D eigenvalue weighted by molar-refractivity contribution is 0.281. The van der Waals surface area contributed by atoms with Gasteiger partial charge in [0.15, 0.2) is 5.90 Å². The Balaban J connectivity index is 2.27. The first-order valence-corrected chi connectivity index (χ1v) is 5.47. The minimum atomic E-state index is -0.0737. The first-order valence-electron chi connectivity index (χ1n) is 5.47. The van der Waals surface area contributed by atoms with E-state index in [2.05, 4.69) is 25.8 Å². The predicted molar refractivity (Wildman–Crippen MR) is 63.7 cm³/mol. The van der Waals surface area contributed by atoms with Crippen molar-refractivity contribution in [3.63, 3.8) is 0 Å². The molecule has 0 saturated heterocycles. The van der Waals surface area contributed by atoms with Gasteiger partial charge >= 0.3 is 0 Å². The van der Waals surface area contributed by atoms with Crippen molar-refractivity contribution in [1.82, 2.24) is 0 Å². The van der Waals surface area contributed by atoms with Gasteiger partial charge in [0.1, 0.15) is 18.4 Å². The summed E-state index contributed by atoms with van der Waals surface area (Å²) in [5, 5.41) is 9.74. The Hall–Kier alpha value is -1.51. The lowest BCUT2D eigenvalue weighted by Crippen LogP contribution is -2.20. The minimum absolute atomic E-state index is 0.0703. The Bertz CT molecular complexity index is 418. The van der Waals surface area contributed by atoms with Gasteiger partial charge in [0.05, 0.1) is 0 Å². The van der Waals surface area contributed by atoms with Crippen molar-refractivity contribution in [2.24, 2.45) is 10.4 Å². The number of phenols is 1. The molecule has 0 aliphatic carbocycles. The van der Waals surface area contributed by atoms with E-state index < -0.39 is 0 Å². The SMILES string of the molecule is CC(C)(C)C1=N[C@@H](c2ccccc2O)CO1. The minimum Gasteiger partial charge on any atom is -0.508 e. The molecule has 0 aromatic heterocycles. The van der Waals surface area contributed by atoms with Gasteiger partial charge in [-0.15, -0.1) is 0 Å². The monoisotopic (exact) mass is 219 g/mol. The highest BCUT2D eigenvalue weighted by Crippen LogP contribution is 2.33. The van der Waals surface area contributed by atoms with Crippen LogP contribution in [0.2, 0.25) is 0 Å². The van der Waals surface area contributed by atoms with E-state index in [-0.39, 0.29) is 17.2 Å². The predicted octanol–water partition coefficient (Wildman–Crippen LogP) is 2.91. The molecule has 3 nitrogen and oxygen atoms in total. The van der Waals surface area contributed by atoms with Crippen LogP contribution in [0.25, 0.3) is 0 Å². The van der Waals surface area contributed by atoms with Crippen LogP contribution in [0.4, 0.5) is 0 Å². The number of hydrogen-bond donors (Lipinski definition) is 1. The number of ether oxygens (including phenoxy) is 1. The molecular weight excluding hydrogens is 202 g/mol. The molecular formula is C13H17NO2. The van der Waals surface area contributed by atoms with Crippen molar-refractivity contribution in [2.45, 2.75) is 26.8 Å². The Labute approximate surface area is 95.8 Å². The summed E-state index contributed by atoms with van der Waals surface area (Å²) in [5.74, 6) is 1.05. The van der Waals surface area contributed by atoms with E-state index in [4.69, 9.17) is 4.74 Å². The van der Waals surface area contributed by atoms with E-state index in [0.29, 0.717) is 6.61 Å². The van der Waals surface area contributed by atoms with Crippen molar-refractivity contribution in [2.75, 3.05) is 6.61 Å². The topological polar surface area (TPSA) is 41.8 Å². The number of aliphatic imine (C=N–C) groups is 1. The number of para-hydroxylation sites is 1. The fourth-order valence-corrected chi connectivity index (χ4v) is 1.71. The molecule has 86 valence electrons. The van der Waals surface area contributed by atoms with Gasteiger partial charge in [-0.3, -0.25) is 0 Å². The second kappa shape index (κ2) is 3.81. The van der Waals surface area contributed by atoms with Gasteiger partial charge in [0, 0.05) is 11.0 Å². The van der Waals surface area contributed by atoms with Crippen LogP contribution < -0.4 is 0 Å². The molecule has 0 unspecified atom stereocenters. The molecule has 1 N–H and O–H groups in total. The van der Waals surface area contributed by atoms with E-state index in [1.54, 1.807) is 6.07 Å². The summed E-state index contributed by atoms with van der Waals surface area (Å²) >= 11 is 0. The highest BCUT2D eigenvalue weighted by molar-refractivity contribution is 5.83. The van der Waals surface area contributed by atoms with Crippen molar-refractivity contribution >= 4 is 5.90 Å². The highest BCUT2D eigenvalue weighted by Gasteiger charge is 2.29. The fraction of sp³-hybridized carbons (Fsp3) is 0.462. The van der Waals surface area contributed by atoms with Gasteiger partial charge in [-0.1, -0.05) is 39.0 Å². The van der Waals surface area contributed by atoms with E-state index in [9.17, 15) is 5.11 Å². The van der Waals surface area contributed by atoms with E-state index in [1.165, 1.54) is 0 Å². The average molecular weight is 219 g/mol. The Kier molecular flexibility index (Phi) is 2.62. The highest BCUT2D eigenvalue weighted by atomic mass is 16.5. The quantitative estimate of drug-likeness (QED) is 0.789. The van der Waals surface area contributed by atoms with Gasteiger partial charge < -0.3 is 9.84 Å². The summed E-state index contributed by atoms with van der Waals surface area (Å²) < 4.78 is 5.58. The zero-order valence-corrected chi connectivity index (χ0v) is 9.90. The molecule has 1 atom stereocenters. The Morgan fingerprint density at radius 3 is 2.56 bits per heavy atom. The van der Waals surface area contributed by atoms with Crippen LogP contribution in [0.1, 0.15) is 32.4 Å². The molecule has 1 aromatic carbocycles. The van der Waals surface area contributed by atoms with Crippen molar-refractivity contribution in [1.29, 1.82) is 0 Å². The largest absolute Gasteiger partial charge is 0.508 e. The molecule has 0 amide bonds. The molecule has 1 aliphatic heterocycles. The molecule has 1 aromatic rings. The summed E-state index contributed by atoms with van der Waals surface area (Å²) in [6, 6.07) is 7.21. The van der Waals surface area contributed by atoms with E-state index in [0.717, 1.165) is 11.5 Å². The number of phenolic OH excluding ortho intramolecular Hbond substituents is 1. The zero-order chi connectivity index (χ0) is 11.8. The summed E-state index contributed by atoms with van der Waals surface area (Å²) in [7, 11) is 0. The number of hydrogen-bond acceptors (Lipinski definition) is 3. The Morgan fingerprint density at radius 2 is 2.00 bits per heavy atom. The van der Waals surface area contributed by atoms with Crippen LogP contribution in [-0.4, -0.2) is 17.6 Å². The third-order valence-corrected chi connectivity index (χ3v) is 2.59. The van der Waals surface area contributed by atoms with Gasteiger partial charge in [0.25, 0.3) is 0 Å². The standard InChI is InChI=1S/C13H17NO2/c1-13(2,3)12-14-10(8-16-12)9-6-4-5-7-11(9)15/h4-7,10,15H,8H2,1-3H3/t10-/m1/s1. The number of rotatable bonds is 1.